The fourth-order valence-corrected chi connectivity index (χ4v) is 4.09. The van der Waals surface area contributed by atoms with E-state index in [0.29, 0.717) is 48.6 Å². The Morgan fingerprint density at radius 1 is 1.16 bits per heavy atom. The van der Waals surface area contributed by atoms with Crippen LogP contribution in [0.5, 0.6) is 17.2 Å². The van der Waals surface area contributed by atoms with E-state index >= 15 is 0 Å². The highest BCUT2D eigenvalue weighted by molar-refractivity contribution is 7.89. The van der Waals surface area contributed by atoms with Crippen LogP contribution in [-0.4, -0.2) is 59.2 Å². The summed E-state index contributed by atoms with van der Waals surface area (Å²) in [5.74, 6) is 1.34. The van der Waals surface area contributed by atoms with Crippen molar-refractivity contribution in [2.45, 2.75) is 17.7 Å². The first-order valence-corrected chi connectivity index (χ1v) is 11.7. The van der Waals surface area contributed by atoms with Gasteiger partial charge in [0.15, 0.2) is 11.5 Å². The molecule has 31 heavy (non-hydrogen) atoms. The van der Waals surface area contributed by atoms with Gasteiger partial charge in [0.25, 0.3) is 0 Å². The summed E-state index contributed by atoms with van der Waals surface area (Å²) < 4.78 is 44.2. The monoisotopic (exact) mass is 468 g/mol. The van der Waals surface area contributed by atoms with E-state index in [1.54, 1.807) is 37.4 Å². The van der Waals surface area contributed by atoms with Crippen molar-refractivity contribution in [2.24, 2.45) is 0 Å². The molecule has 8 nitrogen and oxygen atoms in total. The van der Waals surface area contributed by atoms with Crippen LogP contribution in [-0.2, 0) is 14.8 Å². The Hall–Kier alpha value is -2.49. The lowest BCUT2D eigenvalue weighted by Crippen LogP contribution is -2.34. The van der Waals surface area contributed by atoms with E-state index in [1.165, 1.54) is 17.0 Å². The van der Waals surface area contributed by atoms with Crippen molar-refractivity contribution in [3.63, 3.8) is 0 Å². The molecule has 2 aromatic carbocycles. The second kappa shape index (κ2) is 10.7. The van der Waals surface area contributed by atoms with Gasteiger partial charge in [-0.2, -0.15) is 0 Å². The predicted octanol–water partition coefficient (Wildman–Crippen LogP) is 2.71. The van der Waals surface area contributed by atoms with E-state index < -0.39 is 10.0 Å². The van der Waals surface area contributed by atoms with Crippen LogP contribution < -0.4 is 18.9 Å². The number of fused-ring (bicyclic) bond motifs is 1. The molecule has 1 aliphatic heterocycles. The molecule has 0 saturated carbocycles. The van der Waals surface area contributed by atoms with E-state index in [0.717, 1.165) is 6.42 Å². The molecule has 0 aliphatic carbocycles. The molecule has 0 fully saturated rings. The number of sulfonamides is 1. The maximum absolute atomic E-state index is 12.5. The third kappa shape index (κ3) is 6.75. The van der Waals surface area contributed by atoms with Gasteiger partial charge in [-0.15, -0.1) is 0 Å². The van der Waals surface area contributed by atoms with E-state index in [-0.39, 0.29) is 23.8 Å². The van der Waals surface area contributed by atoms with Gasteiger partial charge in [-0.1, -0.05) is 17.7 Å². The topological polar surface area (TPSA) is 94.2 Å². The maximum atomic E-state index is 12.5. The van der Waals surface area contributed by atoms with Gasteiger partial charge in [0.1, 0.15) is 12.4 Å². The molecule has 0 radical (unpaired) electrons. The minimum absolute atomic E-state index is 0.0188. The predicted molar refractivity (Wildman–Crippen MR) is 116 cm³/mol. The summed E-state index contributed by atoms with van der Waals surface area (Å²) >= 11 is 5.90. The molecule has 1 heterocycles. The number of rotatable bonds is 9. The smallest absolute Gasteiger partial charge is 0.240 e. The highest BCUT2D eigenvalue weighted by Crippen LogP contribution is 2.31. The highest BCUT2D eigenvalue weighted by Gasteiger charge is 2.19. The third-order valence-electron chi connectivity index (χ3n) is 4.58. The van der Waals surface area contributed by atoms with Gasteiger partial charge in [0, 0.05) is 37.5 Å². The number of nitrogens with one attached hydrogen (secondary N) is 1. The van der Waals surface area contributed by atoms with Gasteiger partial charge in [-0.25, -0.2) is 13.1 Å². The largest absolute Gasteiger partial charge is 0.492 e. The molecular formula is C21H25ClN2O6S. The average molecular weight is 469 g/mol. The average Bonchev–Trinajstić information content (AvgIpc) is 2.98. The van der Waals surface area contributed by atoms with Crippen molar-refractivity contribution < 1.29 is 27.4 Å². The zero-order valence-electron chi connectivity index (χ0n) is 17.2. The number of hydrogen-bond acceptors (Lipinski definition) is 6. The molecule has 0 atom stereocenters. The van der Waals surface area contributed by atoms with Gasteiger partial charge < -0.3 is 19.1 Å². The number of amides is 1. The third-order valence-corrected chi connectivity index (χ3v) is 6.27. The zero-order valence-corrected chi connectivity index (χ0v) is 18.7. The molecule has 0 bridgehead atoms. The molecular weight excluding hydrogens is 444 g/mol. The van der Waals surface area contributed by atoms with Crippen molar-refractivity contribution in [1.82, 2.24) is 9.62 Å². The van der Waals surface area contributed by atoms with E-state index in [9.17, 15) is 13.2 Å². The van der Waals surface area contributed by atoms with E-state index in [1.807, 2.05) is 0 Å². The van der Waals surface area contributed by atoms with Crippen molar-refractivity contribution in [2.75, 3.05) is 40.0 Å². The SMILES string of the molecule is CN(CCOc1cccc(Cl)c1)C(=O)CCNS(=O)(=O)c1ccc2c(c1)OCCCO2. The summed E-state index contributed by atoms with van der Waals surface area (Å²) in [5.41, 5.74) is 0. The molecule has 0 aromatic heterocycles. The van der Waals surface area contributed by atoms with E-state index in [4.69, 9.17) is 25.8 Å². The van der Waals surface area contributed by atoms with Crippen LogP contribution in [0.4, 0.5) is 0 Å². The van der Waals surface area contributed by atoms with Crippen LogP contribution in [0, 0.1) is 0 Å². The van der Waals surface area contributed by atoms with Crippen LogP contribution in [0.3, 0.4) is 0 Å². The molecule has 0 saturated heterocycles. The molecule has 2 aromatic rings. The Kier molecular flexibility index (Phi) is 8.00. The minimum atomic E-state index is -3.78. The number of carbonyl (C=O) groups excluding carboxylic acids is 1. The van der Waals surface area contributed by atoms with Crippen LogP contribution >= 0.6 is 11.6 Å². The van der Waals surface area contributed by atoms with Crippen LogP contribution in [0.1, 0.15) is 12.8 Å². The van der Waals surface area contributed by atoms with Gasteiger partial charge in [-0.05, 0) is 30.3 Å². The Labute approximate surface area is 187 Å². The van der Waals surface area contributed by atoms with Gasteiger partial charge in [-0.3, -0.25) is 4.79 Å². The summed E-state index contributed by atoms with van der Waals surface area (Å²) in [6.07, 6.45) is 0.756. The van der Waals surface area contributed by atoms with Crippen LogP contribution in [0.25, 0.3) is 0 Å². The summed E-state index contributed by atoms with van der Waals surface area (Å²) in [5, 5.41) is 0.572. The number of likely N-dealkylation sites (N-methyl/N-ethyl adjacent to an activating group) is 1. The molecule has 10 heteroatoms. The summed E-state index contributed by atoms with van der Waals surface area (Å²) in [6, 6.07) is 11.5. The molecule has 168 valence electrons. The molecule has 3 rings (SSSR count). The fraction of sp³-hybridized carbons (Fsp3) is 0.381. The molecule has 1 aliphatic rings. The highest BCUT2D eigenvalue weighted by atomic mass is 35.5. The Morgan fingerprint density at radius 2 is 1.94 bits per heavy atom. The first-order valence-electron chi connectivity index (χ1n) is 9.87. The lowest BCUT2D eigenvalue weighted by molar-refractivity contribution is -0.130. The molecule has 0 unspecified atom stereocenters. The lowest BCUT2D eigenvalue weighted by atomic mass is 10.3. The second-order valence-corrected chi connectivity index (χ2v) is 9.13. The van der Waals surface area contributed by atoms with Crippen molar-refractivity contribution in [1.29, 1.82) is 0 Å². The molecule has 1 amide bonds. The zero-order chi connectivity index (χ0) is 22.3. The lowest BCUT2D eigenvalue weighted by Gasteiger charge is -2.18. The standard InChI is InChI=1S/C21H25ClN2O6S/c1-24(10-13-28-17-5-2-4-16(22)14-17)21(25)8-9-23-31(26,27)18-6-7-19-20(15-18)30-12-3-11-29-19/h2,4-7,14-15,23H,3,8-13H2,1H3. The number of halogens is 1. The first kappa shape index (κ1) is 23.2. The van der Waals surface area contributed by atoms with Crippen LogP contribution in [0.15, 0.2) is 47.4 Å². The Balaban J connectivity index is 1.45. The quantitative estimate of drug-likeness (QED) is 0.608. The number of hydrogen-bond donors (Lipinski definition) is 1. The van der Waals surface area contributed by atoms with Gasteiger partial charge in [0.2, 0.25) is 15.9 Å². The summed E-state index contributed by atoms with van der Waals surface area (Å²) in [7, 11) is -2.14. The first-order chi connectivity index (χ1) is 14.8. The maximum Gasteiger partial charge on any atom is 0.240 e. The van der Waals surface area contributed by atoms with Gasteiger partial charge >= 0.3 is 0 Å². The summed E-state index contributed by atoms with van der Waals surface area (Å²) in [6.45, 7) is 1.63. The normalized spacial score (nSPS) is 13.4. The van der Waals surface area contributed by atoms with Crippen LogP contribution in [0.2, 0.25) is 5.02 Å². The number of benzene rings is 2. The number of ether oxygens (including phenoxy) is 3. The fourth-order valence-electron chi connectivity index (χ4n) is 2.86. The van der Waals surface area contributed by atoms with Crippen molar-refractivity contribution in [3.8, 4) is 17.2 Å². The van der Waals surface area contributed by atoms with Crippen molar-refractivity contribution in [3.05, 3.63) is 47.5 Å². The molecule has 0 spiro atoms. The Morgan fingerprint density at radius 3 is 2.71 bits per heavy atom. The second-order valence-electron chi connectivity index (χ2n) is 6.93. The molecule has 1 N–H and O–H groups in total. The minimum Gasteiger partial charge on any atom is -0.492 e. The Bertz CT molecular complexity index is 1010. The van der Waals surface area contributed by atoms with E-state index in [2.05, 4.69) is 4.72 Å². The summed E-state index contributed by atoms with van der Waals surface area (Å²) in [4.78, 5) is 13.8. The van der Waals surface area contributed by atoms with Gasteiger partial charge in [0.05, 0.1) is 24.7 Å². The number of carbonyl (C=O) groups is 1. The number of nitrogens with zero attached hydrogens (tertiary/aromatic N) is 1. The van der Waals surface area contributed by atoms with Crippen molar-refractivity contribution >= 4 is 27.5 Å².